The number of hydrogen-bond acceptors (Lipinski definition) is 3. The number of amides is 1. The first-order chi connectivity index (χ1) is 15.0. The van der Waals surface area contributed by atoms with Gasteiger partial charge in [0.2, 0.25) is 0 Å². The van der Waals surface area contributed by atoms with Crippen molar-refractivity contribution in [2.45, 2.75) is 13.2 Å². The Hall–Kier alpha value is -3.28. The highest BCUT2D eigenvalue weighted by atomic mass is 35.5. The molecule has 0 aliphatic rings. The maximum atomic E-state index is 12.7. The van der Waals surface area contributed by atoms with E-state index in [9.17, 15) is 4.79 Å². The minimum absolute atomic E-state index is 0.238. The summed E-state index contributed by atoms with van der Waals surface area (Å²) in [5, 5.41) is 8.53. The molecule has 0 atom stereocenters. The first-order valence-corrected chi connectivity index (χ1v) is 10.4. The number of nitrogens with zero attached hydrogens (tertiary/aromatic N) is 2. The molecule has 3 aromatic carbocycles. The van der Waals surface area contributed by atoms with Crippen molar-refractivity contribution in [1.29, 1.82) is 0 Å². The molecule has 1 amide bonds. The van der Waals surface area contributed by atoms with E-state index in [1.54, 1.807) is 35.0 Å². The van der Waals surface area contributed by atoms with E-state index in [1.807, 2.05) is 54.7 Å². The van der Waals surface area contributed by atoms with Crippen LogP contribution in [-0.2, 0) is 13.2 Å². The summed E-state index contributed by atoms with van der Waals surface area (Å²) in [5.74, 6) is 0.915. The van der Waals surface area contributed by atoms with Gasteiger partial charge in [0.25, 0.3) is 5.91 Å². The van der Waals surface area contributed by atoms with E-state index in [4.69, 9.17) is 27.9 Å². The van der Waals surface area contributed by atoms with Crippen molar-refractivity contribution in [1.82, 2.24) is 9.78 Å². The van der Waals surface area contributed by atoms with Gasteiger partial charge < -0.3 is 10.1 Å². The summed E-state index contributed by atoms with van der Waals surface area (Å²) in [7, 11) is 0. The van der Waals surface area contributed by atoms with Gasteiger partial charge in [-0.15, -0.1) is 0 Å². The van der Waals surface area contributed by atoms with Crippen LogP contribution in [0.5, 0.6) is 5.75 Å². The van der Waals surface area contributed by atoms with Crippen LogP contribution in [0.1, 0.15) is 21.5 Å². The molecule has 4 rings (SSSR count). The van der Waals surface area contributed by atoms with Crippen molar-refractivity contribution < 1.29 is 9.53 Å². The molecule has 0 radical (unpaired) electrons. The number of carbonyl (C=O) groups excluding carboxylic acids is 1. The summed E-state index contributed by atoms with van der Waals surface area (Å²) in [6.45, 7) is 0.891. The molecule has 5 nitrogen and oxygen atoms in total. The van der Waals surface area contributed by atoms with Crippen molar-refractivity contribution in [3.8, 4) is 5.75 Å². The Morgan fingerprint density at radius 3 is 2.45 bits per heavy atom. The first kappa shape index (κ1) is 21.0. The van der Waals surface area contributed by atoms with Crippen LogP contribution in [-0.4, -0.2) is 15.7 Å². The van der Waals surface area contributed by atoms with E-state index in [-0.39, 0.29) is 5.91 Å². The molecule has 7 heteroatoms. The zero-order valence-electron chi connectivity index (χ0n) is 16.5. The lowest BCUT2D eigenvalue weighted by molar-refractivity contribution is 0.102. The molecule has 31 heavy (non-hydrogen) atoms. The molecule has 1 N–H and O–H groups in total. The number of benzene rings is 3. The van der Waals surface area contributed by atoms with Crippen molar-refractivity contribution in [2.24, 2.45) is 0 Å². The highest BCUT2D eigenvalue weighted by molar-refractivity contribution is 6.30. The fraction of sp³-hybridized carbons (Fsp3) is 0.0833. The van der Waals surface area contributed by atoms with Crippen LogP contribution in [0.2, 0.25) is 10.0 Å². The van der Waals surface area contributed by atoms with E-state index in [2.05, 4.69) is 10.4 Å². The molecular weight excluding hydrogens is 433 g/mol. The molecule has 0 unspecified atom stereocenters. The fourth-order valence-corrected chi connectivity index (χ4v) is 3.45. The zero-order chi connectivity index (χ0) is 21.6. The summed E-state index contributed by atoms with van der Waals surface area (Å²) in [4.78, 5) is 12.7. The van der Waals surface area contributed by atoms with Crippen LogP contribution in [0, 0.1) is 0 Å². The molecule has 0 saturated heterocycles. The molecule has 1 aromatic heterocycles. The summed E-state index contributed by atoms with van der Waals surface area (Å²) in [6.07, 6.45) is 1.81. The molecule has 0 fully saturated rings. The quantitative estimate of drug-likeness (QED) is 0.370. The van der Waals surface area contributed by atoms with Crippen molar-refractivity contribution in [3.63, 3.8) is 0 Å². The van der Waals surface area contributed by atoms with Gasteiger partial charge in [-0.3, -0.25) is 9.48 Å². The first-order valence-electron chi connectivity index (χ1n) is 9.62. The fourth-order valence-electron chi connectivity index (χ4n) is 3.05. The van der Waals surface area contributed by atoms with Crippen LogP contribution >= 0.6 is 23.2 Å². The number of hydrogen-bond donors (Lipinski definition) is 1. The van der Waals surface area contributed by atoms with Crippen molar-refractivity contribution in [3.05, 3.63) is 112 Å². The van der Waals surface area contributed by atoms with E-state index in [1.165, 1.54) is 0 Å². The molecule has 0 saturated carbocycles. The molecule has 156 valence electrons. The van der Waals surface area contributed by atoms with Crippen LogP contribution < -0.4 is 10.1 Å². The second-order valence-electron chi connectivity index (χ2n) is 6.93. The van der Waals surface area contributed by atoms with E-state index in [0.717, 1.165) is 11.1 Å². The van der Waals surface area contributed by atoms with E-state index in [0.29, 0.717) is 40.3 Å². The normalized spacial score (nSPS) is 10.6. The Kier molecular flexibility index (Phi) is 6.55. The lowest BCUT2D eigenvalue weighted by atomic mass is 10.1. The number of rotatable bonds is 7. The van der Waals surface area contributed by atoms with Gasteiger partial charge in [0.05, 0.1) is 6.54 Å². The summed E-state index contributed by atoms with van der Waals surface area (Å²) < 4.78 is 7.50. The van der Waals surface area contributed by atoms with Crippen LogP contribution in [0.3, 0.4) is 0 Å². The highest BCUT2D eigenvalue weighted by Crippen LogP contribution is 2.19. The van der Waals surface area contributed by atoms with Gasteiger partial charge in [0.15, 0.2) is 5.82 Å². The van der Waals surface area contributed by atoms with Crippen LogP contribution in [0.4, 0.5) is 5.82 Å². The standard InChI is InChI=1S/C24H19Cl2N3O2/c25-20-7-2-4-17(13-20)15-29-11-10-23(28-29)27-24(30)19-6-1-5-18(12-19)16-31-22-9-3-8-21(26)14-22/h1-14H,15-16H2,(H,27,28,30). The smallest absolute Gasteiger partial charge is 0.256 e. The predicted molar refractivity (Wildman–Crippen MR) is 123 cm³/mol. The van der Waals surface area contributed by atoms with E-state index >= 15 is 0 Å². The number of ether oxygens (including phenoxy) is 1. The lowest BCUT2D eigenvalue weighted by Crippen LogP contribution is -2.13. The molecule has 0 bridgehead atoms. The second kappa shape index (κ2) is 9.69. The van der Waals surface area contributed by atoms with Gasteiger partial charge in [0.1, 0.15) is 12.4 Å². The maximum Gasteiger partial charge on any atom is 0.256 e. The van der Waals surface area contributed by atoms with Crippen LogP contribution in [0.25, 0.3) is 0 Å². The molecule has 0 spiro atoms. The van der Waals surface area contributed by atoms with Gasteiger partial charge in [-0.05, 0) is 53.6 Å². The Morgan fingerprint density at radius 1 is 0.903 bits per heavy atom. The molecular formula is C24H19Cl2N3O2. The topological polar surface area (TPSA) is 56.2 Å². The number of nitrogens with one attached hydrogen (secondary N) is 1. The zero-order valence-corrected chi connectivity index (χ0v) is 18.0. The maximum absolute atomic E-state index is 12.7. The van der Waals surface area contributed by atoms with E-state index < -0.39 is 0 Å². The Morgan fingerprint density at radius 2 is 1.65 bits per heavy atom. The largest absolute Gasteiger partial charge is 0.489 e. The van der Waals surface area contributed by atoms with Gasteiger partial charge in [-0.25, -0.2) is 0 Å². The van der Waals surface area contributed by atoms with Gasteiger partial charge in [0, 0.05) is 27.9 Å². The van der Waals surface area contributed by atoms with Gasteiger partial charge >= 0.3 is 0 Å². The third-order valence-corrected chi connectivity index (χ3v) is 4.98. The summed E-state index contributed by atoms with van der Waals surface area (Å²) in [6, 6.07) is 23.8. The van der Waals surface area contributed by atoms with Gasteiger partial charge in [-0.2, -0.15) is 5.10 Å². The molecule has 4 aromatic rings. The molecule has 1 heterocycles. The number of aromatic nitrogens is 2. The van der Waals surface area contributed by atoms with Crippen LogP contribution in [0.15, 0.2) is 85.1 Å². The average Bonchev–Trinajstić information content (AvgIpc) is 3.19. The monoisotopic (exact) mass is 451 g/mol. The summed E-state index contributed by atoms with van der Waals surface area (Å²) >= 11 is 12.0. The lowest BCUT2D eigenvalue weighted by Gasteiger charge is -2.08. The van der Waals surface area contributed by atoms with Crippen molar-refractivity contribution in [2.75, 3.05) is 5.32 Å². The number of halogens is 2. The van der Waals surface area contributed by atoms with Crippen molar-refractivity contribution >= 4 is 34.9 Å². The molecule has 0 aliphatic heterocycles. The number of anilines is 1. The summed E-state index contributed by atoms with van der Waals surface area (Å²) in [5.41, 5.74) is 2.43. The second-order valence-corrected chi connectivity index (χ2v) is 7.80. The average molecular weight is 452 g/mol. The molecule has 0 aliphatic carbocycles. The predicted octanol–water partition coefficient (Wildman–Crippen LogP) is 6.07. The minimum Gasteiger partial charge on any atom is -0.489 e. The SMILES string of the molecule is O=C(Nc1ccn(Cc2cccc(Cl)c2)n1)c1cccc(COc2cccc(Cl)c2)c1. The van der Waals surface area contributed by atoms with Gasteiger partial charge in [-0.1, -0.05) is 53.5 Å². The third-order valence-electron chi connectivity index (χ3n) is 4.51. The number of carbonyl (C=O) groups is 1. The minimum atomic E-state index is -0.238. The highest BCUT2D eigenvalue weighted by Gasteiger charge is 2.09. The third kappa shape index (κ3) is 5.87. The Bertz CT molecular complexity index is 1210. The Labute approximate surface area is 190 Å². The Balaban J connectivity index is 1.37.